The van der Waals surface area contributed by atoms with Crippen LogP contribution in [0.15, 0.2) is 48.5 Å². The second-order valence-electron chi connectivity index (χ2n) is 5.05. The number of hydrogen-bond donors (Lipinski definition) is 1. The first-order valence-corrected chi connectivity index (χ1v) is 7.19. The zero-order valence-electron chi connectivity index (χ0n) is 13.1. The zero-order chi connectivity index (χ0) is 15.9. The molecule has 1 amide bonds. The minimum atomic E-state index is -0.0858. The van der Waals surface area contributed by atoms with Gasteiger partial charge < -0.3 is 14.8 Å². The van der Waals surface area contributed by atoms with E-state index in [9.17, 15) is 4.79 Å². The number of para-hydroxylation sites is 1. The summed E-state index contributed by atoms with van der Waals surface area (Å²) in [5, 5.41) is 3.00. The first-order chi connectivity index (χ1) is 10.6. The average molecular weight is 299 g/mol. The van der Waals surface area contributed by atoms with Gasteiger partial charge in [-0.1, -0.05) is 30.3 Å². The number of amides is 1. The smallest absolute Gasteiger partial charge is 0.225 e. The molecule has 1 atom stereocenters. The van der Waals surface area contributed by atoms with Crippen molar-refractivity contribution >= 4 is 5.91 Å². The van der Waals surface area contributed by atoms with E-state index in [0.29, 0.717) is 6.42 Å². The number of benzene rings is 2. The molecule has 2 aromatic carbocycles. The van der Waals surface area contributed by atoms with Gasteiger partial charge in [-0.25, -0.2) is 0 Å². The van der Waals surface area contributed by atoms with Crippen LogP contribution in [-0.2, 0) is 11.2 Å². The molecule has 4 heteroatoms. The molecule has 22 heavy (non-hydrogen) atoms. The molecule has 4 nitrogen and oxygen atoms in total. The number of carbonyl (C=O) groups is 1. The third kappa shape index (κ3) is 4.01. The molecule has 0 aliphatic carbocycles. The standard InChI is InChI=1S/C18H21NO3/c1-13(14-8-6-9-16(11-14)21-2)19-18(20)12-15-7-4-5-10-17(15)22-3/h4-11,13H,12H2,1-3H3,(H,19,20)/t13-/m1/s1. The van der Waals surface area contributed by atoms with Crippen molar-refractivity contribution in [3.8, 4) is 11.5 Å². The molecular weight excluding hydrogens is 278 g/mol. The van der Waals surface area contributed by atoms with Crippen molar-refractivity contribution in [2.45, 2.75) is 19.4 Å². The summed E-state index contributed by atoms with van der Waals surface area (Å²) in [5.41, 5.74) is 1.88. The molecule has 116 valence electrons. The molecule has 0 saturated carbocycles. The highest BCUT2D eigenvalue weighted by molar-refractivity contribution is 5.79. The van der Waals surface area contributed by atoms with E-state index in [2.05, 4.69) is 5.32 Å². The summed E-state index contributed by atoms with van der Waals surface area (Å²) in [6.07, 6.45) is 0.290. The summed E-state index contributed by atoms with van der Waals surface area (Å²) < 4.78 is 10.5. The Balaban J connectivity index is 2.02. The predicted octanol–water partition coefficient (Wildman–Crippen LogP) is 3.12. The van der Waals surface area contributed by atoms with E-state index in [-0.39, 0.29) is 11.9 Å². The Bertz CT molecular complexity index is 640. The van der Waals surface area contributed by atoms with Crippen molar-refractivity contribution in [2.24, 2.45) is 0 Å². The van der Waals surface area contributed by atoms with Crippen molar-refractivity contribution in [1.82, 2.24) is 5.32 Å². The largest absolute Gasteiger partial charge is 0.497 e. The highest BCUT2D eigenvalue weighted by Gasteiger charge is 2.12. The molecule has 2 aromatic rings. The Morgan fingerprint density at radius 1 is 1.09 bits per heavy atom. The molecule has 0 unspecified atom stereocenters. The molecule has 0 bridgehead atoms. The monoisotopic (exact) mass is 299 g/mol. The summed E-state index contributed by atoms with van der Waals surface area (Å²) in [7, 11) is 3.24. The fraction of sp³-hybridized carbons (Fsp3) is 0.278. The van der Waals surface area contributed by atoms with Crippen molar-refractivity contribution in [3.05, 3.63) is 59.7 Å². The van der Waals surface area contributed by atoms with E-state index in [1.807, 2.05) is 55.5 Å². The van der Waals surface area contributed by atoms with E-state index in [1.54, 1.807) is 14.2 Å². The number of hydrogen-bond acceptors (Lipinski definition) is 3. The number of methoxy groups -OCH3 is 2. The van der Waals surface area contributed by atoms with Crippen LogP contribution in [0.2, 0.25) is 0 Å². The third-order valence-electron chi connectivity index (χ3n) is 3.51. The Kier molecular flexibility index (Phi) is 5.42. The summed E-state index contributed by atoms with van der Waals surface area (Å²) in [6.45, 7) is 1.95. The van der Waals surface area contributed by atoms with Gasteiger partial charge in [0.25, 0.3) is 0 Å². The fourth-order valence-corrected chi connectivity index (χ4v) is 2.31. The van der Waals surface area contributed by atoms with Crippen LogP contribution in [0.4, 0.5) is 0 Å². The topological polar surface area (TPSA) is 47.6 Å². The Labute approximate surface area is 131 Å². The van der Waals surface area contributed by atoms with E-state index < -0.39 is 0 Å². The fourth-order valence-electron chi connectivity index (χ4n) is 2.31. The summed E-state index contributed by atoms with van der Waals surface area (Å²) >= 11 is 0. The molecule has 0 heterocycles. The lowest BCUT2D eigenvalue weighted by atomic mass is 10.1. The molecule has 2 rings (SSSR count). The van der Waals surface area contributed by atoms with Crippen LogP contribution in [0.3, 0.4) is 0 Å². The van der Waals surface area contributed by atoms with E-state index >= 15 is 0 Å². The summed E-state index contributed by atoms with van der Waals surface area (Å²) in [4.78, 5) is 12.2. The van der Waals surface area contributed by atoms with Crippen LogP contribution in [0.1, 0.15) is 24.1 Å². The van der Waals surface area contributed by atoms with Gasteiger partial charge in [-0.2, -0.15) is 0 Å². The molecule has 0 aliphatic heterocycles. The van der Waals surface area contributed by atoms with Crippen LogP contribution < -0.4 is 14.8 Å². The van der Waals surface area contributed by atoms with Crippen molar-refractivity contribution in [1.29, 1.82) is 0 Å². The molecule has 0 fully saturated rings. The molecule has 0 spiro atoms. The number of rotatable bonds is 6. The number of ether oxygens (including phenoxy) is 2. The lowest BCUT2D eigenvalue weighted by molar-refractivity contribution is -0.121. The normalized spacial score (nSPS) is 11.6. The van der Waals surface area contributed by atoms with Gasteiger partial charge >= 0.3 is 0 Å². The van der Waals surface area contributed by atoms with Gasteiger partial charge in [0, 0.05) is 5.56 Å². The molecule has 1 N–H and O–H groups in total. The van der Waals surface area contributed by atoms with Crippen LogP contribution in [-0.4, -0.2) is 20.1 Å². The number of carbonyl (C=O) groups excluding carboxylic acids is 1. The summed E-state index contributed by atoms with van der Waals surface area (Å²) in [6, 6.07) is 15.1. The van der Waals surface area contributed by atoms with E-state index in [4.69, 9.17) is 9.47 Å². The van der Waals surface area contributed by atoms with Crippen LogP contribution >= 0.6 is 0 Å². The van der Waals surface area contributed by atoms with Gasteiger partial charge in [-0.3, -0.25) is 4.79 Å². The first-order valence-electron chi connectivity index (χ1n) is 7.19. The zero-order valence-corrected chi connectivity index (χ0v) is 13.1. The van der Waals surface area contributed by atoms with Gasteiger partial charge in [0.15, 0.2) is 0 Å². The van der Waals surface area contributed by atoms with Gasteiger partial charge in [0.2, 0.25) is 5.91 Å². The van der Waals surface area contributed by atoms with Crippen LogP contribution in [0, 0.1) is 0 Å². The Morgan fingerprint density at radius 3 is 2.59 bits per heavy atom. The molecule has 0 radical (unpaired) electrons. The third-order valence-corrected chi connectivity index (χ3v) is 3.51. The quantitative estimate of drug-likeness (QED) is 0.891. The lowest BCUT2D eigenvalue weighted by Gasteiger charge is -2.16. The minimum Gasteiger partial charge on any atom is -0.497 e. The van der Waals surface area contributed by atoms with Crippen molar-refractivity contribution < 1.29 is 14.3 Å². The second kappa shape index (κ2) is 7.50. The maximum atomic E-state index is 12.2. The van der Waals surface area contributed by atoms with Crippen LogP contribution in [0.25, 0.3) is 0 Å². The van der Waals surface area contributed by atoms with Gasteiger partial charge in [-0.05, 0) is 30.7 Å². The Hall–Kier alpha value is -2.49. The maximum Gasteiger partial charge on any atom is 0.225 e. The molecule has 0 aliphatic rings. The van der Waals surface area contributed by atoms with E-state index in [1.165, 1.54) is 0 Å². The molecule has 0 saturated heterocycles. The van der Waals surface area contributed by atoms with Crippen molar-refractivity contribution in [2.75, 3.05) is 14.2 Å². The van der Waals surface area contributed by atoms with E-state index in [0.717, 1.165) is 22.6 Å². The second-order valence-corrected chi connectivity index (χ2v) is 5.05. The molecule has 0 aromatic heterocycles. The summed E-state index contributed by atoms with van der Waals surface area (Å²) in [5.74, 6) is 1.47. The minimum absolute atomic E-state index is 0.0418. The highest BCUT2D eigenvalue weighted by atomic mass is 16.5. The Morgan fingerprint density at radius 2 is 1.86 bits per heavy atom. The first kappa shape index (κ1) is 15.9. The SMILES string of the molecule is COc1cccc([C@@H](C)NC(=O)Cc2ccccc2OC)c1. The maximum absolute atomic E-state index is 12.2. The number of nitrogens with one attached hydrogen (secondary N) is 1. The van der Waals surface area contributed by atoms with Gasteiger partial charge in [-0.15, -0.1) is 0 Å². The van der Waals surface area contributed by atoms with Gasteiger partial charge in [0.1, 0.15) is 11.5 Å². The average Bonchev–Trinajstić information content (AvgIpc) is 2.55. The predicted molar refractivity (Wildman–Crippen MR) is 86.2 cm³/mol. The van der Waals surface area contributed by atoms with Crippen molar-refractivity contribution in [3.63, 3.8) is 0 Å². The highest BCUT2D eigenvalue weighted by Crippen LogP contribution is 2.20. The van der Waals surface area contributed by atoms with Gasteiger partial charge in [0.05, 0.1) is 26.7 Å². The molecular formula is C18H21NO3. The van der Waals surface area contributed by atoms with Crippen LogP contribution in [0.5, 0.6) is 11.5 Å². The lowest BCUT2D eigenvalue weighted by Crippen LogP contribution is -2.28.